The zero-order valence-corrected chi connectivity index (χ0v) is 19.7. The Bertz CT molecular complexity index is 1230. The number of aromatic nitrogens is 3. The number of carbonyl (C=O) groups excluding carboxylic acids is 1. The van der Waals surface area contributed by atoms with Crippen LogP contribution in [0.2, 0.25) is 0 Å². The molecule has 1 aliphatic heterocycles. The molecule has 1 saturated heterocycles. The van der Waals surface area contributed by atoms with E-state index in [1.54, 1.807) is 34.6 Å². The van der Waals surface area contributed by atoms with Crippen molar-refractivity contribution in [2.75, 3.05) is 37.7 Å². The van der Waals surface area contributed by atoms with Gasteiger partial charge in [-0.1, -0.05) is 42.1 Å². The number of piperazine rings is 1. The van der Waals surface area contributed by atoms with E-state index < -0.39 is 15.8 Å². The summed E-state index contributed by atoms with van der Waals surface area (Å²) in [7, 11) is -3.25. The molecule has 8 nitrogen and oxygen atoms in total. The van der Waals surface area contributed by atoms with Gasteiger partial charge in [-0.25, -0.2) is 12.8 Å². The SMILES string of the molecule is CCS(=O)(=O)N1CCN(C(=O)CSc2nnc(-c3ccccc3F)n2-c2ccccc2)CC1. The average molecular weight is 490 g/mol. The molecule has 3 aromatic rings. The number of halogens is 1. The molecule has 0 unspecified atom stereocenters. The average Bonchev–Trinajstić information content (AvgIpc) is 3.27. The van der Waals surface area contributed by atoms with E-state index in [2.05, 4.69) is 10.2 Å². The number of benzene rings is 2. The first-order valence-corrected chi connectivity index (χ1v) is 13.1. The Balaban J connectivity index is 1.51. The van der Waals surface area contributed by atoms with Crippen molar-refractivity contribution in [3.05, 3.63) is 60.4 Å². The summed E-state index contributed by atoms with van der Waals surface area (Å²) in [6.07, 6.45) is 0. The van der Waals surface area contributed by atoms with Gasteiger partial charge in [-0.15, -0.1) is 10.2 Å². The lowest BCUT2D eigenvalue weighted by Gasteiger charge is -2.33. The lowest BCUT2D eigenvalue weighted by molar-refractivity contribution is -0.129. The zero-order chi connectivity index (χ0) is 23.4. The van der Waals surface area contributed by atoms with E-state index in [0.717, 1.165) is 5.69 Å². The number of rotatable bonds is 7. The fourth-order valence-electron chi connectivity index (χ4n) is 3.61. The number of nitrogens with zero attached hydrogens (tertiary/aromatic N) is 5. The van der Waals surface area contributed by atoms with E-state index in [9.17, 15) is 17.6 Å². The highest BCUT2D eigenvalue weighted by Crippen LogP contribution is 2.29. The van der Waals surface area contributed by atoms with Gasteiger partial charge in [0.1, 0.15) is 5.82 Å². The summed E-state index contributed by atoms with van der Waals surface area (Å²) in [6.45, 7) is 2.91. The molecule has 0 radical (unpaired) electrons. The van der Waals surface area contributed by atoms with Crippen molar-refractivity contribution in [3.63, 3.8) is 0 Å². The van der Waals surface area contributed by atoms with Crippen molar-refractivity contribution in [1.82, 2.24) is 24.0 Å². The van der Waals surface area contributed by atoms with Crippen LogP contribution >= 0.6 is 11.8 Å². The van der Waals surface area contributed by atoms with Gasteiger partial charge >= 0.3 is 0 Å². The lowest BCUT2D eigenvalue weighted by atomic mass is 10.2. The zero-order valence-electron chi connectivity index (χ0n) is 18.1. The number of sulfonamides is 1. The van der Waals surface area contributed by atoms with Crippen LogP contribution < -0.4 is 0 Å². The van der Waals surface area contributed by atoms with Gasteiger partial charge < -0.3 is 4.90 Å². The minimum Gasteiger partial charge on any atom is -0.339 e. The van der Waals surface area contributed by atoms with Crippen molar-refractivity contribution in [3.8, 4) is 17.1 Å². The molecule has 1 amide bonds. The van der Waals surface area contributed by atoms with E-state index in [4.69, 9.17) is 0 Å². The first-order valence-electron chi connectivity index (χ1n) is 10.5. The molecule has 33 heavy (non-hydrogen) atoms. The van der Waals surface area contributed by atoms with Crippen LogP contribution in [0.4, 0.5) is 4.39 Å². The van der Waals surface area contributed by atoms with E-state index in [-0.39, 0.29) is 17.4 Å². The van der Waals surface area contributed by atoms with Crippen molar-refractivity contribution in [2.45, 2.75) is 12.1 Å². The highest BCUT2D eigenvalue weighted by molar-refractivity contribution is 7.99. The quantitative estimate of drug-likeness (QED) is 0.474. The van der Waals surface area contributed by atoms with E-state index in [1.165, 1.54) is 22.1 Å². The van der Waals surface area contributed by atoms with Crippen LogP contribution in [-0.4, -0.2) is 76.0 Å². The van der Waals surface area contributed by atoms with Crippen molar-refractivity contribution in [1.29, 1.82) is 0 Å². The Labute approximate surface area is 196 Å². The van der Waals surface area contributed by atoms with Gasteiger partial charge in [-0.05, 0) is 31.2 Å². The molecular formula is C22H24FN5O3S2. The van der Waals surface area contributed by atoms with Gasteiger partial charge in [-0.2, -0.15) is 4.31 Å². The third-order valence-corrected chi connectivity index (χ3v) is 8.23. The maximum absolute atomic E-state index is 14.5. The van der Waals surface area contributed by atoms with Gasteiger partial charge in [0.25, 0.3) is 0 Å². The number of hydrogen-bond donors (Lipinski definition) is 0. The van der Waals surface area contributed by atoms with Crippen LogP contribution in [0, 0.1) is 5.82 Å². The second-order valence-corrected chi connectivity index (χ2v) is 10.6. The third kappa shape index (κ3) is 5.10. The number of thioether (sulfide) groups is 1. The molecule has 1 aromatic heterocycles. The molecule has 1 aliphatic rings. The Morgan fingerprint density at radius 2 is 1.67 bits per heavy atom. The summed E-state index contributed by atoms with van der Waals surface area (Å²) in [5, 5.41) is 8.92. The molecule has 0 bridgehead atoms. The van der Waals surface area contributed by atoms with Crippen molar-refractivity contribution < 1.29 is 17.6 Å². The molecule has 11 heteroatoms. The fraction of sp³-hybridized carbons (Fsp3) is 0.318. The third-order valence-electron chi connectivity index (χ3n) is 5.44. The van der Waals surface area contributed by atoms with E-state index >= 15 is 0 Å². The predicted octanol–water partition coefficient (Wildman–Crippen LogP) is 2.66. The molecule has 4 rings (SSSR count). The Morgan fingerprint density at radius 1 is 1.00 bits per heavy atom. The van der Waals surface area contributed by atoms with E-state index in [1.807, 2.05) is 30.3 Å². The highest BCUT2D eigenvalue weighted by Gasteiger charge is 2.28. The van der Waals surface area contributed by atoms with Crippen molar-refractivity contribution >= 4 is 27.7 Å². The summed E-state index contributed by atoms with van der Waals surface area (Å²) >= 11 is 1.22. The molecule has 0 saturated carbocycles. The standard InChI is InChI=1S/C22H24FN5O3S2/c1-2-33(30,31)27-14-12-26(13-15-27)20(29)16-32-22-25-24-21(18-10-6-7-11-19(18)23)28(22)17-8-4-3-5-9-17/h3-11H,2,12-16H2,1H3. The molecule has 1 fully saturated rings. The van der Waals surface area contributed by atoms with Crippen LogP contribution in [0.5, 0.6) is 0 Å². The van der Waals surface area contributed by atoms with Gasteiger partial charge in [0.05, 0.1) is 17.1 Å². The molecule has 174 valence electrons. The highest BCUT2D eigenvalue weighted by atomic mass is 32.2. The van der Waals surface area contributed by atoms with Crippen LogP contribution in [0.25, 0.3) is 17.1 Å². The maximum atomic E-state index is 14.5. The van der Waals surface area contributed by atoms with Crippen molar-refractivity contribution in [2.24, 2.45) is 0 Å². The molecule has 0 aliphatic carbocycles. The second kappa shape index (κ2) is 10.0. The summed E-state index contributed by atoms with van der Waals surface area (Å²) in [5.74, 6) is 0.00447. The van der Waals surface area contributed by atoms with Crippen LogP contribution in [0.1, 0.15) is 6.92 Å². The molecule has 2 heterocycles. The maximum Gasteiger partial charge on any atom is 0.233 e. The first kappa shape index (κ1) is 23.4. The minimum absolute atomic E-state index is 0.0519. The first-order chi connectivity index (χ1) is 15.9. The van der Waals surface area contributed by atoms with Gasteiger partial charge in [-0.3, -0.25) is 9.36 Å². The number of carbonyl (C=O) groups is 1. The number of para-hydroxylation sites is 1. The van der Waals surface area contributed by atoms with E-state index in [0.29, 0.717) is 42.7 Å². The molecular weight excluding hydrogens is 465 g/mol. The Hall–Kier alpha value is -2.76. The monoisotopic (exact) mass is 489 g/mol. The molecule has 0 atom stereocenters. The summed E-state index contributed by atoms with van der Waals surface area (Å²) in [6, 6.07) is 15.7. The number of amides is 1. The van der Waals surface area contributed by atoms with Crippen LogP contribution in [0.3, 0.4) is 0 Å². The van der Waals surface area contributed by atoms with Gasteiger partial charge in [0.15, 0.2) is 11.0 Å². The smallest absolute Gasteiger partial charge is 0.233 e. The molecule has 2 aromatic carbocycles. The number of hydrogen-bond acceptors (Lipinski definition) is 6. The predicted molar refractivity (Wildman–Crippen MR) is 125 cm³/mol. The van der Waals surface area contributed by atoms with Gasteiger partial charge in [0, 0.05) is 31.9 Å². The lowest BCUT2D eigenvalue weighted by Crippen LogP contribution is -2.51. The fourth-order valence-corrected chi connectivity index (χ4v) is 5.55. The summed E-state index contributed by atoms with van der Waals surface area (Å²) < 4.78 is 41.7. The summed E-state index contributed by atoms with van der Waals surface area (Å²) in [5.41, 5.74) is 1.08. The normalized spacial score (nSPS) is 15.0. The largest absolute Gasteiger partial charge is 0.339 e. The van der Waals surface area contributed by atoms with Crippen LogP contribution in [-0.2, 0) is 14.8 Å². The Kier molecular flexibility index (Phi) is 7.11. The minimum atomic E-state index is -3.25. The second-order valence-electron chi connectivity index (χ2n) is 7.43. The Morgan fingerprint density at radius 3 is 2.33 bits per heavy atom. The molecule has 0 spiro atoms. The topological polar surface area (TPSA) is 88.4 Å². The van der Waals surface area contributed by atoms with Crippen LogP contribution in [0.15, 0.2) is 59.8 Å². The van der Waals surface area contributed by atoms with Gasteiger partial charge in [0.2, 0.25) is 15.9 Å². The molecule has 0 N–H and O–H groups in total. The summed E-state index contributed by atoms with van der Waals surface area (Å²) in [4.78, 5) is 14.5.